The van der Waals surface area contributed by atoms with Crippen molar-refractivity contribution in [3.8, 4) is 0 Å². The highest BCUT2D eigenvalue weighted by atomic mass is 16.5. The van der Waals surface area contributed by atoms with E-state index in [1.807, 2.05) is 31.0 Å². The maximum Gasteiger partial charge on any atom is 0.0741 e. The fourth-order valence-electron chi connectivity index (χ4n) is 2.20. The fourth-order valence-corrected chi connectivity index (χ4v) is 2.20. The SMILES string of the molecule is CCCC(OCC)C(CCc1cnn(C)c1)NN. The molecule has 0 aliphatic rings. The van der Waals surface area contributed by atoms with E-state index < -0.39 is 0 Å². The van der Waals surface area contributed by atoms with E-state index in [1.54, 1.807) is 0 Å². The highest BCUT2D eigenvalue weighted by molar-refractivity contribution is 5.04. The Labute approximate surface area is 110 Å². The van der Waals surface area contributed by atoms with Crippen LogP contribution in [0.5, 0.6) is 0 Å². The van der Waals surface area contributed by atoms with Crippen LogP contribution >= 0.6 is 0 Å². The zero-order valence-corrected chi connectivity index (χ0v) is 11.7. The molecule has 18 heavy (non-hydrogen) atoms. The second-order valence-corrected chi connectivity index (χ2v) is 4.62. The van der Waals surface area contributed by atoms with Crippen molar-refractivity contribution in [2.45, 2.75) is 51.7 Å². The molecule has 0 bridgehead atoms. The van der Waals surface area contributed by atoms with Gasteiger partial charge in [-0.2, -0.15) is 5.10 Å². The van der Waals surface area contributed by atoms with Gasteiger partial charge in [-0.25, -0.2) is 0 Å². The lowest BCUT2D eigenvalue weighted by Gasteiger charge is -2.26. The van der Waals surface area contributed by atoms with Crippen LogP contribution in [0.25, 0.3) is 0 Å². The third-order valence-electron chi connectivity index (χ3n) is 3.12. The van der Waals surface area contributed by atoms with Crippen LogP contribution in [-0.2, 0) is 18.2 Å². The fraction of sp³-hybridized carbons (Fsp3) is 0.769. The summed E-state index contributed by atoms with van der Waals surface area (Å²) in [4.78, 5) is 0. The normalized spacial score (nSPS) is 14.7. The average Bonchev–Trinajstić information content (AvgIpc) is 2.76. The Bertz CT molecular complexity index is 321. The minimum absolute atomic E-state index is 0.196. The van der Waals surface area contributed by atoms with Gasteiger partial charge in [0.25, 0.3) is 0 Å². The largest absolute Gasteiger partial charge is 0.377 e. The van der Waals surface area contributed by atoms with E-state index in [-0.39, 0.29) is 12.1 Å². The van der Waals surface area contributed by atoms with Crippen molar-refractivity contribution in [3.63, 3.8) is 0 Å². The van der Waals surface area contributed by atoms with Crippen LogP contribution in [0.1, 0.15) is 38.7 Å². The van der Waals surface area contributed by atoms with Crippen LogP contribution in [0, 0.1) is 0 Å². The molecule has 1 aromatic heterocycles. The molecule has 5 heteroatoms. The number of aryl methyl sites for hydroxylation is 2. The number of hydrogen-bond acceptors (Lipinski definition) is 4. The molecule has 2 atom stereocenters. The number of ether oxygens (including phenoxy) is 1. The summed E-state index contributed by atoms with van der Waals surface area (Å²) in [5, 5.41) is 4.17. The first-order valence-corrected chi connectivity index (χ1v) is 6.76. The van der Waals surface area contributed by atoms with Crippen LogP contribution < -0.4 is 11.3 Å². The van der Waals surface area contributed by atoms with E-state index in [0.29, 0.717) is 0 Å². The van der Waals surface area contributed by atoms with Crippen LogP contribution in [0.4, 0.5) is 0 Å². The lowest BCUT2D eigenvalue weighted by atomic mass is 10.00. The van der Waals surface area contributed by atoms with E-state index in [0.717, 1.165) is 32.3 Å². The predicted molar refractivity (Wildman–Crippen MR) is 73.0 cm³/mol. The second-order valence-electron chi connectivity index (χ2n) is 4.62. The van der Waals surface area contributed by atoms with Gasteiger partial charge in [0.1, 0.15) is 0 Å². The predicted octanol–water partition coefficient (Wildman–Crippen LogP) is 1.39. The molecule has 0 fully saturated rings. The quantitative estimate of drug-likeness (QED) is 0.516. The smallest absolute Gasteiger partial charge is 0.0741 e. The molecule has 0 saturated carbocycles. The summed E-state index contributed by atoms with van der Waals surface area (Å²) in [6.07, 6.45) is 8.22. The Morgan fingerprint density at radius 1 is 1.44 bits per heavy atom. The number of nitrogens with zero attached hydrogens (tertiary/aromatic N) is 2. The molecular formula is C13H26N4O. The minimum Gasteiger partial charge on any atom is -0.377 e. The Morgan fingerprint density at radius 2 is 2.22 bits per heavy atom. The Morgan fingerprint density at radius 3 is 2.72 bits per heavy atom. The molecule has 1 aromatic rings. The van der Waals surface area contributed by atoms with Crippen molar-refractivity contribution < 1.29 is 4.74 Å². The van der Waals surface area contributed by atoms with Crippen molar-refractivity contribution in [2.24, 2.45) is 12.9 Å². The summed E-state index contributed by atoms with van der Waals surface area (Å²) in [5.41, 5.74) is 4.14. The van der Waals surface area contributed by atoms with Crippen molar-refractivity contribution in [1.29, 1.82) is 0 Å². The molecule has 0 aliphatic heterocycles. The molecule has 5 nitrogen and oxygen atoms in total. The molecule has 1 heterocycles. The van der Waals surface area contributed by atoms with E-state index in [1.165, 1.54) is 5.56 Å². The molecule has 1 rings (SSSR count). The zero-order chi connectivity index (χ0) is 13.4. The third kappa shape index (κ3) is 4.76. The highest BCUT2D eigenvalue weighted by Crippen LogP contribution is 2.13. The van der Waals surface area contributed by atoms with Gasteiger partial charge < -0.3 is 4.74 Å². The summed E-state index contributed by atoms with van der Waals surface area (Å²) in [5.74, 6) is 5.65. The van der Waals surface area contributed by atoms with E-state index in [2.05, 4.69) is 17.4 Å². The highest BCUT2D eigenvalue weighted by Gasteiger charge is 2.19. The van der Waals surface area contributed by atoms with Gasteiger partial charge in [-0.15, -0.1) is 0 Å². The lowest BCUT2D eigenvalue weighted by molar-refractivity contribution is 0.0260. The molecule has 0 saturated heterocycles. The number of rotatable bonds is 9. The van der Waals surface area contributed by atoms with Crippen LogP contribution in [0.3, 0.4) is 0 Å². The van der Waals surface area contributed by atoms with Gasteiger partial charge >= 0.3 is 0 Å². The van der Waals surface area contributed by atoms with Crippen molar-refractivity contribution in [3.05, 3.63) is 18.0 Å². The van der Waals surface area contributed by atoms with E-state index >= 15 is 0 Å². The third-order valence-corrected chi connectivity index (χ3v) is 3.12. The minimum atomic E-state index is 0.196. The Balaban J connectivity index is 2.48. The van der Waals surface area contributed by atoms with Crippen molar-refractivity contribution in [1.82, 2.24) is 15.2 Å². The first-order chi connectivity index (χ1) is 8.71. The van der Waals surface area contributed by atoms with Gasteiger partial charge in [0, 0.05) is 25.9 Å². The molecule has 104 valence electrons. The summed E-state index contributed by atoms with van der Waals surface area (Å²) >= 11 is 0. The van der Waals surface area contributed by atoms with E-state index in [4.69, 9.17) is 10.6 Å². The summed E-state index contributed by atoms with van der Waals surface area (Å²) in [6.45, 7) is 4.92. The molecule has 2 unspecified atom stereocenters. The van der Waals surface area contributed by atoms with Gasteiger partial charge in [-0.3, -0.25) is 16.0 Å². The summed E-state index contributed by atoms with van der Waals surface area (Å²) in [6, 6.07) is 0.199. The van der Waals surface area contributed by atoms with Crippen LogP contribution in [0.15, 0.2) is 12.4 Å². The van der Waals surface area contributed by atoms with Gasteiger partial charge in [-0.1, -0.05) is 13.3 Å². The molecule has 3 N–H and O–H groups in total. The maximum absolute atomic E-state index is 5.77. The first kappa shape index (κ1) is 15.1. The van der Waals surface area contributed by atoms with Crippen LogP contribution in [0.2, 0.25) is 0 Å². The molecule has 0 radical (unpaired) electrons. The number of aromatic nitrogens is 2. The zero-order valence-electron chi connectivity index (χ0n) is 11.7. The number of hydrogen-bond donors (Lipinski definition) is 2. The lowest BCUT2D eigenvalue weighted by Crippen LogP contribution is -2.45. The first-order valence-electron chi connectivity index (χ1n) is 6.76. The van der Waals surface area contributed by atoms with Crippen LogP contribution in [-0.4, -0.2) is 28.5 Å². The van der Waals surface area contributed by atoms with Gasteiger partial charge in [-0.05, 0) is 31.7 Å². The standard InChI is InChI=1S/C13H26N4O/c1-4-6-13(18-5-2)12(16-14)8-7-11-9-15-17(3)10-11/h9-10,12-13,16H,4-8,14H2,1-3H3. The summed E-state index contributed by atoms with van der Waals surface area (Å²) in [7, 11) is 1.93. The summed E-state index contributed by atoms with van der Waals surface area (Å²) < 4.78 is 7.59. The number of nitrogens with two attached hydrogens (primary N) is 1. The topological polar surface area (TPSA) is 65.1 Å². The van der Waals surface area contributed by atoms with E-state index in [9.17, 15) is 0 Å². The average molecular weight is 254 g/mol. The second kappa shape index (κ2) is 8.24. The molecule has 0 aromatic carbocycles. The van der Waals surface area contributed by atoms with Gasteiger partial charge in [0.05, 0.1) is 12.3 Å². The molecule has 0 amide bonds. The van der Waals surface area contributed by atoms with Gasteiger partial charge in [0.2, 0.25) is 0 Å². The Kier molecular flexibility index (Phi) is 6.93. The maximum atomic E-state index is 5.77. The van der Waals surface area contributed by atoms with Crippen molar-refractivity contribution in [2.75, 3.05) is 6.61 Å². The van der Waals surface area contributed by atoms with Gasteiger partial charge in [0.15, 0.2) is 0 Å². The Hall–Kier alpha value is -0.910. The molecule has 0 aliphatic carbocycles. The number of hydrazine groups is 1. The molecule has 0 spiro atoms. The number of nitrogens with one attached hydrogen (secondary N) is 1. The molecular weight excluding hydrogens is 228 g/mol. The van der Waals surface area contributed by atoms with Crippen molar-refractivity contribution >= 4 is 0 Å². The monoisotopic (exact) mass is 254 g/mol.